The predicted molar refractivity (Wildman–Crippen MR) is 103 cm³/mol. The van der Waals surface area contributed by atoms with Crippen LogP contribution in [0.3, 0.4) is 0 Å². The molecule has 9 nitrogen and oxygen atoms in total. The summed E-state index contributed by atoms with van der Waals surface area (Å²) in [5.74, 6) is 0.115. The first kappa shape index (κ1) is 21.5. The van der Waals surface area contributed by atoms with Gasteiger partial charge in [0.2, 0.25) is 0 Å². The Kier molecular flexibility index (Phi) is 7.60. The van der Waals surface area contributed by atoms with E-state index in [1.807, 2.05) is 18.2 Å². The lowest BCUT2D eigenvalue weighted by Gasteiger charge is -2.35. The normalized spacial score (nSPS) is 14.4. The molecule has 0 radical (unpaired) electrons. The number of esters is 1. The van der Waals surface area contributed by atoms with E-state index in [0.29, 0.717) is 26.2 Å². The molecular formula is C19H28N4O5. The van der Waals surface area contributed by atoms with Gasteiger partial charge < -0.3 is 24.6 Å². The summed E-state index contributed by atoms with van der Waals surface area (Å²) in [6.07, 6.45) is 1.12. The largest absolute Gasteiger partial charge is 0.456 e. The van der Waals surface area contributed by atoms with E-state index in [0.717, 1.165) is 5.82 Å². The van der Waals surface area contributed by atoms with Crippen LogP contribution in [0.5, 0.6) is 0 Å². The third-order valence-electron chi connectivity index (χ3n) is 3.96. The SMILES string of the molecule is CC(C)(C)OC(=O)NCCC(=O)OCC(=O)N1CCN(c2ccccn2)CC1. The van der Waals surface area contributed by atoms with E-state index in [9.17, 15) is 14.4 Å². The zero-order chi connectivity index (χ0) is 20.6. The number of hydrogen-bond donors (Lipinski definition) is 1. The monoisotopic (exact) mass is 392 g/mol. The molecule has 1 N–H and O–H groups in total. The number of piperazine rings is 1. The highest BCUT2D eigenvalue weighted by Crippen LogP contribution is 2.12. The van der Waals surface area contributed by atoms with Gasteiger partial charge in [0.1, 0.15) is 11.4 Å². The molecule has 2 amide bonds. The molecule has 2 heterocycles. The molecule has 0 spiro atoms. The van der Waals surface area contributed by atoms with E-state index in [1.165, 1.54) is 0 Å². The fourth-order valence-corrected chi connectivity index (χ4v) is 2.61. The number of hydrogen-bond acceptors (Lipinski definition) is 7. The minimum atomic E-state index is -0.600. The first-order valence-corrected chi connectivity index (χ1v) is 9.31. The van der Waals surface area contributed by atoms with E-state index in [2.05, 4.69) is 15.2 Å². The molecule has 0 atom stereocenters. The van der Waals surface area contributed by atoms with E-state index >= 15 is 0 Å². The molecule has 0 saturated carbocycles. The number of alkyl carbamates (subject to hydrolysis) is 1. The maximum Gasteiger partial charge on any atom is 0.407 e. The van der Waals surface area contributed by atoms with E-state index in [1.54, 1.807) is 31.9 Å². The zero-order valence-electron chi connectivity index (χ0n) is 16.6. The summed E-state index contributed by atoms with van der Waals surface area (Å²) in [7, 11) is 0. The summed E-state index contributed by atoms with van der Waals surface area (Å²) in [4.78, 5) is 43.5. The van der Waals surface area contributed by atoms with Crippen molar-refractivity contribution in [2.24, 2.45) is 0 Å². The average Bonchev–Trinajstić information content (AvgIpc) is 2.65. The Morgan fingerprint density at radius 2 is 1.86 bits per heavy atom. The molecule has 9 heteroatoms. The van der Waals surface area contributed by atoms with Gasteiger partial charge in [-0.05, 0) is 32.9 Å². The van der Waals surface area contributed by atoms with Crippen LogP contribution >= 0.6 is 0 Å². The second kappa shape index (κ2) is 9.91. The molecule has 1 aromatic rings. The van der Waals surface area contributed by atoms with E-state index in [4.69, 9.17) is 9.47 Å². The summed E-state index contributed by atoms with van der Waals surface area (Å²) < 4.78 is 10.1. The first-order valence-electron chi connectivity index (χ1n) is 9.31. The fraction of sp³-hybridized carbons (Fsp3) is 0.579. The Hall–Kier alpha value is -2.84. The van der Waals surface area contributed by atoms with E-state index in [-0.39, 0.29) is 25.5 Å². The lowest BCUT2D eigenvalue weighted by atomic mass is 10.2. The quantitative estimate of drug-likeness (QED) is 0.726. The van der Waals surface area contributed by atoms with Crippen molar-refractivity contribution in [3.63, 3.8) is 0 Å². The Balaban J connectivity index is 1.62. The number of rotatable bonds is 6. The van der Waals surface area contributed by atoms with Crippen LogP contribution in [0.15, 0.2) is 24.4 Å². The summed E-state index contributed by atoms with van der Waals surface area (Å²) in [5, 5.41) is 2.47. The number of amides is 2. The van der Waals surface area contributed by atoms with Crippen LogP contribution in [-0.4, -0.2) is 72.8 Å². The van der Waals surface area contributed by atoms with Crippen LogP contribution in [0.4, 0.5) is 10.6 Å². The van der Waals surface area contributed by atoms with Gasteiger partial charge in [0.25, 0.3) is 5.91 Å². The predicted octanol–water partition coefficient (Wildman–Crippen LogP) is 1.19. The minimum absolute atomic E-state index is 0.0278. The molecule has 28 heavy (non-hydrogen) atoms. The molecule has 154 valence electrons. The Morgan fingerprint density at radius 1 is 1.14 bits per heavy atom. The summed E-state index contributed by atoms with van der Waals surface area (Å²) >= 11 is 0. The smallest absolute Gasteiger partial charge is 0.407 e. The van der Waals surface area contributed by atoms with E-state index < -0.39 is 17.7 Å². The molecule has 0 bridgehead atoms. The van der Waals surface area contributed by atoms with Crippen LogP contribution in [0.2, 0.25) is 0 Å². The van der Waals surface area contributed by atoms with Gasteiger partial charge in [-0.1, -0.05) is 6.07 Å². The van der Waals surface area contributed by atoms with Gasteiger partial charge in [0, 0.05) is 38.9 Å². The van der Waals surface area contributed by atoms with Crippen molar-refractivity contribution in [1.29, 1.82) is 0 Å². The highest BCUT2D eigenvalue weighted by molar-refractivity contribution is 5.81. The molecule has 2 rings (SSSR count). The van der Waals surface area contributed by atoms with Crippen LogP contribution in [-0.2, 0) is 19.1 Å². The van der Waals surface area contributed by atoms with Gasteiger partial charge in [-0.15, -0.1) is 0 Å². The van der Waals surface area contributed by atoms with Crippen molar-refractivity contribution >= 4 is 23.8 Å². The summed E-state index contributed by atoms with van der Waals surface area (Å²) in [5.41, 5.74) is -0.600. The summed E-state index contributed by atoms with van der Waals surface area (Å²) in [6, 6.07) is 5.72. The second-order valence-corrected chi connectivity index (χ2v) is 7.40. The lowest BCUT2D eigenvalue weighted by molar-refractivity contribution is -0.152. The molecule has 0 aromatic carbocycles. The van der Waals surface area contributed by atoms with Crippen LogP contribution in [0.1, 0.15) is 27.2 Å². The van der Waals surface area contributed by atoms with Crippen molar-refractivity contribution in [2.45, 2.75) is 32.8 Å². The van der Waals surface area contributed by atoms with Crippen molar-refractivity contribution in [3.05, 3.63) is 24.4 Å². The molecule has 1 aliphatic rings. The number of aromatic nitrogens is 1. The van der Waals surface area contributed by atoms with Crippen molar-refractivity contribution < 1.29 is 23.9 Å². The first-order chi connectivity index (χ1) is 13.2. The number of pyridine rings is 1. The van der Waals surface area contributed by atoms with Gasteiger partial charge >= 0.3 is 12.1 Å². The Labute approximate surface area is 165 Å². The zero-order valence-corrected chi connectivity index (χ0v) is 16.6. The standard InChI is InChI=1S/C19H28N4O5/c1-19(2,3)28-18(26)21-9-7-17(25)27-14-16(24)23-12-10-22(11-13-23)15-6-4-5-8-20-15/h4-6,8H,7,9-14H2,1-3H3,(H,21,26). The third-order valence-corrected chi connectivity index (χ3v) is 3.96. The number of ether oxygens (including phenoxy) is 2. The number of nitrogens with one attached hydrogen (secondary N) is 1. The highest BCUT2D eigenvalue weighted by atomic mass is 16.6. The van der Waals surface area contributed by atoms with Gasteiger partial charge in [-0.25, -0.2) is 9.78 Å². The van der Waals surface area contributed by atoms with Crippen molar-refractivity contribution in [2.75, 3.05) is 44.2 Å². The molecule has 1 fully saturated rings. The number of anilines is 1. The lowest BCUT2D eigenvalue weighted by Crippen LogP contribution is -2.50. The molecule has 1 aromatic heterocycles. The number of nitrogens with zero attached hydrogens (tertiary/aromatic N) is 3. The molecular weight excluding hydrogens is 364 g/mol. The topological polar surface area (TPSA) is 101 Å². The van der Waals surface area contributed by atoms with Crippen molar-refractivity contribution in [3.8, 4) is 0 Å². The average molecular weight is 392 g/mol. The maximum atomic E-state index is 12.2. The van der Waals surface area contributed by atoms with Crippen molar-refractivity contribution in [1.82, 2.24) is 15.2 Å². The Bertz CT molecular complexity index is 667. The minimum Gasteiger partial charge on any atom is -0.456 e. The van der Waals surface area contributed by atoms with Gasteiger partial charge in [0.15, 0.2) is 6.61 Å². The van der Waals surface area contributed by atoms with Crippen LogP contribution in [0.25, 0.3) is 0 Å². The fourth-order valence-electron chi connectivity index (χ4n) is 2.61. The third kappa shape index (κ3) is 7.42. The highest BCUT2D eigenvalue weighted by Gasteiger charge is 2.22. The number of carbonyl (C=O) groups excluding carboxylic acids is 3. The van der Waals surface area contributed by atoms with Crippen LogP contribution < -0.4 is 10.2 Å². The second-order valence-electron chi connectivity index (χ2n) is 7.40. The molecule has 0 aliphatic carbocycles. The molecule has 0 unspecified atom stereocenters. The maximum absolute atomic E-state index is 12.2. The Morgan fingerprint density at radius 3 is 2.46 bits per heavy atom. The summed E-state index contributed by atoms with van der Waals surface area (Å²) in [6.45, 7) is 7.50. The van der Waals surface area contributed by atoms with Gasteiger partial charge in [-0.3, -0.25) is 9.59 Å². The van der Waals surface area contributed by atoms with Crippen LogP contribution in [0, 0.1) is 0 Å². The van der Waals surface area contributed by atoms with Gasteiger partial charge in [-0.2, -0.15) is 0 Å². The number of carbonyl (C=O) groups is 3. The molecule has 1 saturated heterocycles. The molecule has 1 aliphatic heterocycles. The van der Waals surface area contributed by atoms with Gasteiger partial charge in [0.05, 0.1) is 6.42 Å².